The maximum Gasteiger partial charge on any atom is 0.407 e. The lowest BCUT2D eigenvalue weighted by atomic mass is 10.2. The van der Waals surface area contributed by atoms with Crippen molar-refractivity contribution >= 4 is 32.9 Å². The lowest BCUT2D eigenvalue weighted by Crippen LogP contribution is -2.23. The Hall–Kier alpha value is -2.27. The van der Waals surface area contributed by atoms with Gasteiger partial charge in [0.1, 0.15) is 6.61 Å². The van der Waals surface area contributed by atoms with E-state index in [1.54, 1.807) is 0 Å². The number of rotatable bonds is 4. The van der Waals surface area contributed by atoms with Gasteiger partial charge < -0.3 is 15.0 Å². The highest BCUT2D eigenvalue weighted by Gasteiger charge is 2.05. The first kappa shape index (κ1) is 14.7. The molecule has 3 rings (SSSR count). The zero-order valence-corrected chi connectivity index (χ0v) is 13.4. The molecule has 22 heavy (non-hydrogen) atoms. The predicted molar refractivity (Wildman–Crippen MR) is 89.5 cm³/mol. The lowest BCUT2D eigenvalue weighted by molar-refractivity contribution is 0.139. The zero-order valence-electron chi connectivity index (χ0n) is 11.8. The topological polar surface area (TPSA) is 54.1 Å². The number of ether oxygens (including phenoxy) is 1. The molecule has 0 fully saturated rings. The van der Waals surface area contributed by atoms with Crippen LogP contribution in [-0.2, 0) is 17.9 Å². The van der Waals surface area contributed by atoms with Crippen molar-refractivity contribution in [3.05, 3.63) is 70.3 Å². The molecule has 2 aromatic carbocycles. The summed E-state index contributed by atoms with van der Waals surface area (Å²) < 4.78 is 6.20. The van der Waals surface area contributed by atoms with Crippen molar-refractivity contribution < 1.29 is 9.53 Å². The number of hydrogen-bond acceptors (Lipinski definition) is 2. The van der Waals surface area contributed by atoms with Gasteiger partial charge in [-0.2, -0.15) is 0 Å². The molecule has 0 unspecified atom stereocenters. The van der Waals surface area contributed by atoms with Gasteiger partial charge in [0.25, 0.3) is 0 Å². The number of halogens is 1. The second-order valence-electron chi connectivity index (χ2n) is 4.94. The van der Waals surface area contributed by atoms with Gasteiger partial charge in [-0.1, -0.05) is 46.3 Å². The van der Waals surface area contributed by atoms with Crippen LogP contribution in [0, 0.1) is 0 Å². The van der Waals surface area contributed by atoms with Crippen molar-refractivity contribution in [1.29, 1.82) is 0 Å². The molecular weight excluding hydrogens is 344 g/mol. The molecule has 0 saturated heterocycles. The van der Waals surface area contributed by atoms with E-state index in [9.17, 15) is 4.79 Å². The van der Waals surface area contributed by atoms with Gasteiger partial charge in [0, 0.05) is 21.1 Å². The Balaban J connectivity index is 1.53. The summed E-state index contributed by atoms with van der Waals surface area (Å²) in [4.78, 5) is 15.0. The van der Waals surface area contributed by atoms with Crippen LogP contribution in [-0.4, -0.2) is 11.1 Å². The molecule has 0 spiro atoms. The molecule has 112 valence electrons. The van der Waals surface area contributed by atoms with E-state index >= 15 is 0 Å². The molecule has 1 amide bonds. The summed E-state index contributed by atoms with van der Waals surface area (Å²) in [5, 5.41) is 3.84. The van der Waals surface area contributed by atoms with Crippen LogP contribution in [0.15, 0.2) is 59.1 Å². The molecule has 0 aliphatic rings. The standard InChI is InChI=1S/C17H15BrN2O2/c18-14-6-7-16-13(8-14)9-15(20-16)10-19-17(21)22-11-12-4-2-1-3-5-12/h1-9,20H,10-11H2,(H,19,21). The Labute approximate surface area is 136 Å². The van der Waals surface area contributed by atoms with Crippen molar-refractivity contribution in [2.45, 2.75) is 13.2 Å². The Bertz CT molecular complexity index is 784. The van der Waals surface area contributed by atoms with Gasteiger partial charge in [-0.05, 0) is 29.8 Å². The minimum Gasteiger partial charge on any atom is -0.445 e. The predicted octanol–water partition coefficient (Wildman–Crippen LogP) is 4.36. The minimum absolute atomic E-state index is 0.270. The van der Waals surface area contributed by atoms with Gasteiger partial charge >= 0.3 is 6.09 Å². The first-order valence-electron chi connectivity index (χ1n) is 6.92. The molecule has 0 atom stereocenters. The monoisotopic (exact) mass is 358 g/mol. The Morgan fingerprint density at radius 2 is 1.95 bits per heavy atom. The summed E-state index contributed by atoms with van der Waals surface area (Å²) in [7, 11) is 0. The van der Waals surface area contributed by atoms with Gasteiger partial charge in [0.05, 0.1) is 6.54 Å². The summed E-state index contributed by atoms with van der Waals surface area (Å²) in [5.74, 6) is 0. The first-order chi connectivity index (χ1) is 10.7. The Morgan fingerprint density at radius 3 is 2.77 bits per heavy atom. The highest BCUT2D eigenvalue weighted by atomic mass is 79.9. The summed E-state index contributed by atoms with van der Waals surface area (Å²) in [6.45, 7) is 0.673. The number of benzene rings is 2. The largest absolute Gasteiger partial charge is 0.445 e. The number of fused-ring (bicyclic) bond motifs is 1. The van der Waals surface area contributed by atoms with Gasteiger partial charge in [-0.25, -0.2) is 4.79 Å². The average Bonchev–Trinajstić information content (AvgIpc) is 2.94. The number of carbonyl (C=O) groups excluding carboxylic acids is 1. The fourth-order valence-corrected chi connectivity index (χ4v) is 2.58. The summed E-state index contributed by atoms with van der Waals surface area (Å²) in [6, 6.07) is 17.6. The molecule has 1 heterocycles. The minimum atomic E-state index is -0.427. The van der Waals surface area contributed by atoms with E-state index in [0.29, 0.717) is 6.54 Å². The number of H-pyrrole nitrogens is 1. The Morgan fingerprint density at radius 1 is 1.14 bits per heavy atom. The maximum atomic E-state index is 11.7. The van der Waals surface area contributed by atoms with Gasteiger partial charge in [0.15, 0.2) is 0 Å². The normalized spacial score (nSPS) is 10.6. The quantitative estimate of drug-likeness (QED) is 0.727. The highest BCUT2D eigenvalue weighted by Crippen LogP contribution is 2.20. The van der Waals surface area contributed by atoms with Gasteiger partial charge in [-0.15, -0.1) is 0 Å². The van der Waals surface area contributed by atoms with Crippen LogP contribution < -0.4 is 5.32 Å². The van der Waals surface area contributed by atoms with Gasteiger partial charge in [-0.3, -0.25) is 0 Å². The highest BCUT2D eigenvalue weighted by molar-refractivity contribution is 9.10. The SMILES string of the molecule is O=C(NCc1cc2cc(Br)ccc2[nH]1)OCc1ccccc1. The first-order valence-corrected chi connectivity index (χ1v) is 7.72. The summed E-state index contributed by atoms with van der Waals surface area (Å²) in [6.07, 6.45) is -0.427. The van der Waals surface area contributed by atoms with E-state index in [2.05, 4.69) is 26.2 Å². The number of nitrogens with one attached hydrogen (secondary N) is 2. The van der Waals surface area contributed by atoms with Crippen LogP contribution in [0.3, 0.4) is 0 Å². The number of carbonyl (C=O) groups is 1. The third-order valence-corrected chi connectivity index (χ3v) is 3.77. The number of aromatic nitrogens is 1. The zero-order chi connectivity index (χ0) is 15.4. The summed E-state index contributed by atoms with van der Waals surface area (Å²) >= 11 is 3.44. The van der Waals surface area contributed by atoms with E-state index in [1.807, 2.05) is 54.6 Å². The van der Waals surface area contributed by atoms with E-state index in [-0.39, 0.29) is 6.61 Å². The third kappa shape index (κ3) is 3.68. The molecule has 0 saturated carbocycles. The van der Waals surface area contributed by atoms with Crippen molar-refractivity contribution in [3.8, 4) is 0 Å². The molecule has 2 N–H and O–H groups in total. The van der Waals surface area contributed by atoms with Crippen molar-refractivity contribution in [3.63, 3.8) is 0 Å². The van der Waals surface area contributed by atoms with Crippen LogP contribution in [0.4, 0.5) is 4.79 Å². The number of hydrogen-bond donors (Lipinski definition) is 2. The van der Waals surface area contributed by atoms with Crippen LogP contribution in [0.25, 0.3) is 10.9 Å². The number of aromatic amines is 1. The van der Waals surface area contributed by atoms with Crippen molar-refractivity contribution in [2.75, 3.05) is 0 Å². The van der Waals surface area contributed by atoms with Gasteiger partial charge in [0.2, 0.25) is 0 Å². The van der Waals surface area contributed by atoms with Crippen molar-refractivity contribution in [2.24, 2.45) is 0 Å². The van der Waals surface area contributed by atoms with E-state index in [0.717, 1.165) is 26.6 Å². The van der Waals surface area contributed by atoms with E-state index < -0.39 is 6.09 Å². The van der Waals surface area contributed by atoms with Crippen LogP contribution in [0.1, 0.15) is 11.3 Å². The molecule has 0 aliphatic heterocycles. The molecular formula is C17H15BrN2O2. The fraction of sp³-hybridized carbons (Fsp3) is 0.118. The smallest absolute Gasteiger partial charge is 0.407 e. The average molecular weight is 359 g/mol. The lowest BCUT2D eigenvalue weighted by Gasteiger charge is -2.06. The van der Waals surface area contributed by atoms with Crippen LogP contribution in [0.2, 0.25) is 0 Å². The maximum absolute atomic E-state index is 11.7. The Kier molecular flexibility index (Phi) is 4.44. The molecule has 0 radical (unpaired) electrons. The molecule has 0 bridgehead atoms. The molecule has 5 heteroatoms. The van der Waals surface area contributed by atoms with E-state index in [4.69, 9.17) is 4.74 Å². The van der Waals surface area contributed by atoms with Crippen LogP contribution >= 0.6 is 15.9 Å². The number of amides is 1. The number of alkyl carbamates (subject to hydrolysis) is 1. The molecule has 3 aromatic rings. The summed E-state index contributed by atoms with van der Waals surface area (Å²) in [5.41, 5.74) is 2.94. The van der Waals surface area contributed by atoms with E-state index in [1.165, 1.54) is 0 Å². The molecule has 1 aromatic heterocycles. The van der Waals surface area contributed by atoms with Crippen LogP contribution in [0.5, 0.6) is 0 Å². The van der Waals surface area contributed by atoms with Crippen molar-refractivity contribution in [1.82, 2.24) is 10.3 Å². The molecule has 0 aliphatic carbocycles. The third-order valence-electron chi connectivity index (χ3n) is 3.27. The molecule has 4 nitrogen and oxygen atoms in total. The fourth-order valence-electron chi connectivity index (χ4n) is 2.20. The second-order valence-corrected chi connectivity index (χ2v) is 5.86. The second kappa shape index (κ2) is 6.66.